The van der Waals surface area contributed by atoms with Crippen LogP contribution in [0.5, 0.6) is 5.75 Å². The lowest BCUT2D eigenvalue weighted by molar-refractivity contribution is 0.0482. The summed E-state index contributed by atoms with van der Waals surface area (Å²) in [5.41, 5.74) is 0.320. The molecular formula is C17H24N6O4S. The second kappa shape index (κ2) is 6.38. The molecule has 0 radical (unpaired) electrons. The lowest BCUT2D eigenvalue weighted by atomic mass is 10.0. The van der Waals surface area contributed by atoms with E-state index in [1.54, 1.807) is 20.8 Å². The summed E-state index contributed by atoms with van der Waals surface area (Å²) in [6.45, 7) is 8.52. The Hall–Kier alpha value is -2.27. The minimum absolute atomic E-state index is 0.00526. The average Bonchev–Trinajstić information content (AvgIpc) is 3.06. The van der Waals surface area contributed by atoms with Gasteiger partial charge in [-0.05, 0) is 27.7 Å². The molecule has 0 N–H and O–H groups in total. The van der Waals surface area contributed by atoms with Crippen molar-refractivity contribution in [3.8, 4) is 11.7 Å². The highest BCUT2D eigenvalue weighted by molar-refractivity contribution is 7.91. The van der Waals surface area contributed by atoms with Crippen molar-refractivity contribution in [3.63, 3.8) is 0 Å². The molecule has 0 aliphatic carbocycles. The number of aryl methyl sites for hydroxylation is 1. The summed E-state index contributed by atoms with van der Waals surface area (Å²) in [5, 5.41) is 4.29. The molecule has 0 unspecified atom stereocenters. The van der Waals surface area contributed by atoms with E-state index in [0.29, 0.717) is 42.9 Å². The van der Waals surface area contributed by atoms with Crippen LogP contribution in [0.2, 0.25) is 0 Å². The molecule has 2 aromatic heterocycles. The number of hydrogen-bond acceptors (Lipinski definition) is 9. The van der Waals surface area contributed by atoms with E-state index in [1.807, 2.05) is 6.92 Å². The maximum Gasteiger partial charge on any atom is 0.254 e. The molecule has 152 valence electrons. The van der Waals surface area contributed by atoms with Crippen LogP contribution in [0.1, 0.15) is 32.3 Å². The quantitative estimate of drug-likeness (QED) is 0.721. The third-order valence-corrected chi connectivity index (χ3v) is 7.39. The number of aromatic nitrogens is 5. The number of fused-ring (bicyclic) bond motifs is 3. The smallest absolute Gasteiger partial charge is 0.254 e. The lowest BCUT2D eigenvalue weighted by Gasteiger charge is -2.45. The summed E-state index contributed by atoms with van der Waals surface area (Å²) in [6.07, 6.45) is 2.71. The number of anilines is 1. The van der Waals surface area contributed by atoms with E-state index in [0.717, 1.165) is 0 Å². The Morgan fingerprint density at radius 2 is 1.96 bits per heavy atom. The van der Waals surface area contributed by atoms with Gasteiger partial charge in [0.25, 0.3) is 5.95 Å². The minimum atomic E-state index is -3.48. The molecule has 4 rings (SSSR count). The Bertz CT molecular complexity index is 1020. The highest BCUT2D eigenvalue weighted by Crippen LogP contribution is 2.43. The lowest BCUT2D eigenvalue weighted by Crippen LogP contribution is -2.56. The molecule has 2 aliphatic rings. The van der Waals surface area contributed by atoms with Crippen LogP contribution >= 0.6 is 0 Å². The van der Waals surface area contributed by atoms with Crippen LogP contribution in [-0.2, 0) is 19.3 Å². The average molecular weight is 408 g/mol. The monoisotopic (exact) mass is 408 g/mol. The Labute approximate surface area is 163 Å². The van der Waals surface area contributed by atoms with Crippen molar-refractivity contribution in [2.75, 3.05) is 31.0 Å². The zero-order chi connectivity index (χ0) is 20.3. The van der Waals surface area contributed by atoms with E-state index in [9.17, 15) is 8.42 Å². The fourth-order valence-electron chi connectivity index (χ4n) is 3.45. The zero-order valence-electron chi connectivity index (χ0n) is 16.6. The highest BCUT2D eigenvalue weighted by atomic mass is 32.2. The molecule has 2 aliphatic heterocycles. The Morgan fingerprint density at radius 1 is 1.21 bits per heavy atom. The summed E-state index contributed by atoms with van der Waals surface area (Å²) in [6, 6.07) is 0.0708. The molecule has 11 heteroatoms. The summed E-state index contributed by atoms with van der Waals surface area (Å²) in [7, 11) is -3.48. The van der Waals surface area contributed by atoms with Crippen molar-refractivity contribution >= 4 is 15.7 Å². The van der Waals surface area contributed by atoms with Crippen LogP contribution in [0.4, 0.5) is 5.82 Å². The Balaban J connectivity index is 1.97. The van der Waals surface area contributed by atoms with Crippen LogP contribution in [-0.4, -0.2) is 71.3 Å². The van der Waals surface area contributed by atoms with Crippen LogP contribution in [0.25, 0.3) is 5.95 Å². The van der Waals surface area contributed by atoms with Gasteiger partial charge in [0.05, 0.1) is 25.3 Å². The topological polar surface area (TPSA) is 112 Å². The van der Waals surface area contributed by atoms with Gasteiger partial charge in [-0.25, -0.2) is 18.4 Å². The van der Waals surface area contributed by atoms with Crippen LogP contribution in [0.15, 0.2) is 6.33 Å². The summed E-state index contributed by atoms with van der Waals surface area (Å²) < 4.78 is 36.9. The number of nitrogens with zero attached hydrogens (tertiary/aromatic N) is 6. The SMILES string of the molecule is Cc1ncn(-c2nc3c(c(C(C)(C)S(C)(=O)=O)n2)OC[C@@H]2COC[C@@H](C)N32)n1. The first-order valence-electron chi connectivity index (χ1n) is 9.09. The van der Waals surface area contributed by atoms with E-state index in [-0.39, 0.29) is 18.0 Å². The van der Waals surface area contributed by atoms with Gasteiger partial charge in [-0.2, -0.15) is 9.67 Å². The predicted molar refractivity (Wildman–Crippen MR) is 102 cm³/mol. The van der Waals surface area contributed by atoms with Gasteiger partial charge < -0.3 is 14.4 Å². The van der Waals surface area contributed by atoms with Crippen molar-refractivity contribution in [1.29, 1.82) is 0 Å². The first-order valence-corrected chi connectivity index (χ1v) is 11.0. The number of hydrogen-bond donors (Lipinski definition) is 0. The fourth-order valence-corrected chi connectivity index (χ4v) is 3.94. The van der Waals surface area contributed by atoms with Crippen molar-refractivity contribution in [2.24, 2.45) is 0 Å². The van der Waals surface area contributed by atoms with E-state index in [4.69, 9.17) is 9.47 Å². The molecule has 1 saturated heterocycles. The van der Waals surface area contributed by atoms with Gasteiger partial charge >= 0.3 is 0 Å². The van der Waals surface area contributed by atoms with Crippen molar-refractivity contribution in [3.05, 3.63) is 17.8 Å². The van der Waals surface area contributed by atoms with E-state index >= 15 is 0 Å². The number of rotatable bonds is 3. The van der Waals surface area contributed by atoms with E-state index in [2.05, 4.69) is 25.0 Å². The summed E-state index contributed by atoms with van der Waals surface area (Å²) >= 11 is 0. The zero-order valence-corrected chi connectivity index (χ0v) is 17.4. The largest absolute Gasteiger partial charge is 0.486 e. The maximum absolute atomic E-state index is 12.6. The summed E-state index contributed by atoms with van der Waals surface area (Å²) in [4.78, 5) is 15.5. The first kappa shape index (κ1) is 19.1. The molecular weight excluding hydrogens is 384 g/mol. The maximum atomic E-state index is 12.6. The molecule has 0 amide bonds. The van der Waals surface area contributed by atoms with Crippen LogP contribution in [0.3, 0.4) is 0 Å². The normalized spacial score (nSPS) is 22.4. The van der Waals surface area contributed by atoms with Crippen molar-refractivity contribution in [2.45, 2.75) is 44.5 Å². The molecule has 0 saturated carbocycles. The number of morpholine rings is 1. The third-order valence-electron chi connectivity index (χ3n) is 5.35. The van der Waals surface area contributed by atoms with Gasteiger partial charge in [0.15, 0.2) is 21.4 Å². The second-order valence-electron chi connectivity index (χ2n) is 7.80. The number of ether oxygens (including phenoxy) is 2. The van der Waals surface area contributed by atoms with Crippen LogP contribution in [0, 0.1) is 6.92 Å². The van der Waals surface area contributed by atoms with Gasteiger partial charge in [0.1, 0.15) is 29.2 Å². The van der Waals surface area contributed by atoms with E-state index < -0.39 is 14.6 Å². The standard InChI is InChI=1S/C17H24N6O4S/c1-10-6-26-7-12-8-27-13-14(17(3,4)28(5,24)25)19-16(20-15(13)23(10)12)22-9-18-11(2)21-22/h9-10,12H,6-8H2,1-5H3/t10-,12+/m1/s1. The van der Waals surface area contributed by atoms with Gasteiger partial charge in [0.2, 0.25) is 0 Å². The Kier molecular flexibility index (Phi) is 4.34. The first-order chi connectivity index (χ1) is 13.1. The van der Waals surface area contributed by atoms with Gasteiger partial charge in [0, 0.05) is 6.26 Å². The van der Waals surface area contributed by atoms with Crippen LogP contribution < -0.4 is 9.64 Å². The van der Waals surface area contributed by atoms with Crippen molar-refractivity contribution < 1.29 is 17.9 Å². The second-order valence-corrected chi connectivity index (χ2v) is 10.4. The highest BCUT2D eigenvalue weighted by Gasteiger charge is 2.44. The minimum Gasteiger partial charge on any atom is -0.486 e. The predicted octanol–water partition coefficient (Wildman–Crippen LogP) is 0.632. The van der Waals surface area contributed by atoms with E-state index in [1.165, 1.54) is 17.3 Å². The molecule has 10 nitrogen and oxygen atoms in total. The molecule has 1 fully saturated rings. The molecule has 0 spiro atoms. The third kappa shape index (κ3) is 2.93. The van der Waals surface area contributed by atoms with Crippen molar-refractivity contribution in [1.82, 2.24) is 24.7 Å². The van der Waals surface area contributed by atoms with Gasteiger partial charge in [-0.1, -0.05) is 0 Å². The molecule has 0 aromatic carbocycles. The van der Waals surface area contributed by atoms with Gasteiger partial charge in [-0.3, -0.25) is 0 Å². The molecule has 4 heterocycles. The Morgan fingerprint density at radius 3 is 2.61 bits per heavy atom. The van der Waals surface area contributed by atoms with Gasteiger partial charge in [-0.15, -0.1) is 5.10 Å². The summed E-state index contributed by atoms with van der Waals surface area (Å²) in [5.74, 6) is 1.80. The molecule has 2 atom stereocenters. The fraction of sp³-hybridized carbons (Fsp3) is 0.647. The molecule has 2 aromatic rings. The molecule has 0 bridgehead atoms. The number of sulfone groups is 1. The molecule has 28 heavy (non-hydrogen) atoms.